The van der Waals surface area contributed by atoms with Gasteiger partial charge in [0.05, 0.1) is 16.1 Å². The van der Waals surface area contributed by atoms with Crippen molar-refractivity contribution in [3.8, 4) is 0 Å². The molecule has 0 saturated carbocycles. The van der Waals surface area contributed by atoms with Crippen LogP contribution in [0.3, 0.4) is 0 Å². The molecular weight excluding hydrogens is 332 g/mol. The molecule has 25 heavy (non-hydrogen) atoms. The molecule has 0 aromatic rings. The zero-order valence-electron chi connectivity index (χ0n) is 15.8. The lowest BCUT2D eigenvalue weighted by molar-refractivity contribution is 1.24. The molecule has 1 aliphatic rings. The Hall–Kier alpha value is -1.65. The molecule has 0 fully saturated rings. The minimum Gasteiger partial charge on any atom is -0.103 e. The fourth-order valence-corrected chi connectivity index (χ4v) is 14.1. The van der Waals surface area contributed by atoms with Crippen LogP contribution in [0.2, 0.25) is 36.3 Å². The summed E-state index contributed by atoms with van der Waals surface area (Å²) in [6.45, 7) is 24.4. The molecule has 0 atom stereocenters. The topological polar surface area (TPSA) is 0 Å². The standard InChI is InChI=1S/C23H34Si2/c1-7-16-24(17-8-2,18-9-3)22-14-13-15-23(22)25(19-10-4,20-11-5)21-12-6/h7-14H,1-6,15-21H2. The molecule has 0 bridgehead atoms. The van der Waals surface area contributed by atoms with Crippen LogP contribution in [0.4, 0.5) is 0 Å². The molecule has 0 nitrogen and oxygen atoms in total. The van der Waals surface area contributed by atoms with Gasteiger partial charge in [-0.25, -0.2) is 0 Å². The highest BCUT2D eigenvalue weighted by Crippen LogP contribution is 2.44. The second-order valence-electron chi connectivity index (χ2n) is 7.02. The first-order chi connectivity index (χ1) is 12.1. The highest BCUT2D eigenvalue weighted by Gasteiger charge is 2.42. The lowest BCUT2D eigenvalue weighted by Crippen LogP contribution is -2.42. The number of hydrogen-bond donors (Lipinski definition) is 0. The van der Waals surface area contributed by atoms with E-state index >= 15 is 0 Å². The van der Waals surface area contributed by atoms with Crippen molar-refractivity contribution in [3.63, 3.8) is 0 Å². The third-order valence-electron chi connectivity index (χ3n) is 5.35. The largest absolute Gasteiger partial charge is 0.103 e. The molecule has 1 rings (SSSR count). The maximum Gasteiger partial charge on any atom is 0.0971 e. The molecule has 0 aromatic heterocycles. The van der Waals surface area contributed by atoms with Crippen molar-refractivity contribution in [3.05, 3.63) is 98.5 Å². The van der Waals surface area contributed by atoms with Gasteiger partial charge >= 0.3 is 0 Å². The number of rotatable bonds is 14. The first-order valence-corrected chi connectivity index (χ1v) is 14.4. The van der Waals surface area contributed by atoms with E-state index in [1.165, 1.54) is 0 Å². The van der Waals surface area contributed by atoms with Gasteiger partial charge in [0.25, 0.3) is 0 Å². The molecule has 2 heteroatoms. The van der Waals surface area contributed by atoms with Gasteiger partial charge < -0.3 is 0 Å². The Morgan fingerprint density at radius 2 is 1.00 bits per heavy atom. The second-order valence-corrected chi connectivity index (χ2v) is 15.7. The number of hydrogen-bond acceptors (Lipinski definition) is 0. The van der Waals surface area contributed by atoms with E-state index in [0.29, 0.717) is 0 Å². The monoisotopic (exact) mass is 366 g/mol. The third-order valence-corrected chi connectivity index (χ3v) is 15.4. The third kappa shape index (κ3) is 4.71. The van der Waals surface area contributed by atoms with E-state index in [4.69, 9.17) is 0 Å². The van der Waals surface area contributed by atoms with Crippen LogP contribution in [0, 0.1) is 0 Å². The molecule has 0 radical (unpaired) electrons. The summed E-state index contributed by atoms with van der Waals surface area (Å²) in [4.78, 5) is 0. The van der Waals surface area contributed by atoms with Crippen molar-refractivity contribution in [2.24, 2.45) is 0 Å². The van der Waals surface area contributed by atoms with Crippen LogP contribution in [-0.4, -0.2) is 16.1 Å². The Morgan fingerprint density at radius 1 is 0.640 bits per heavy atom. The van der Waals surface area contributed by atoms with E-state index in [9.17, 15) is 0 Å². The summed E-state index contributed by atoms with van der Waals surface area (Å²) >= 11 is 0. The van der Waals surface area contributed by atoms with Gasteiger partial charge in [-0.05, 0) is 42.7 Å². The van der Waals surface area contributed by atoms with Gasteiger partial charge in [-0.2, -0.15) is 0 Å². The minimum absolute atomic E-state index is 1.08. The Morgan fingerprint density at radius 3 is 1.36 bits per heavy atom. The van der Waals surface area contributed by atoms with Crippen LogP contribution >= 0.6 is 0 Å². The summed E-state index contributed by atoms with van der Waals surface area (Å²) in [6.07, 6.45) is 18.5. The van der Waals surface area contributed by atoms with Crippen LogP contribution in [0.15, 0.2) is 98.5 Å². The van der Waals surface area contributed by atoms with E-state index in [-0.39, 0.29) is 0 Å². The van der Waals surface area contributed by atoms with Gasteiger partial charge in [0, 0.05) is 0 Å². The van der Waals surface area contributed by atoms with E-state index in [0.717, 1.165) is 42.7 Å². The van der Waals surface area contributed by atoms with E-state index in [1.54, 1.807) is 10.4 Å². The lowest BCUT2D eigenvalue weighted by atomic mass is 10.5. The maximum atomic E-state index is 4.06. The second kappa shape index (κ2) is 10.4. The molecule has 0 aromatic carbocycles. The van der Waals surface area contributed by atoms with Crippen LogP contribution in [0.5, 0.6) is 0 Å². The van der Waals surface area contributed by atoms with Gasteiger partial charge in [-0.15, -0.1) is 39.5 Å². The van der Waals surface area contributed by atoms with Crippen LogP contribution in [0.1, 0.15) is 6.42 Å². The molecule has 0 saturated heterocycles. The number of allylic oxidation sites excluding steroid dienone is 10. The highest BCUT2D eigenvalue weighted by atomic mass is 28.3. The molecule has 0 aliphatic heterocycles. The molecular formula is C23H34Si2. The molecule has 134 valence electrons. The molecule has 0 spiro atoms. The average Bonchev–Trinajstić information content (AvgIpc) is 3.07. The fourth-order valence-electron chi connectivity index (χ4n) is 4.36. The van der Waals surface area contributed by atoms with Gasteiger partial charge in [-0.1, -0.05) is 59.0 Å². The Kier molecular flexibility index (Phi) is 8.87. The summed E-state index contributed by atoms with van der Waals surface area (Å²) in [5.41, 5.74) is 0. The fraction of sp³-hybridized carbons (Fsp3) is 0.304. The van der Waals surface area contributed by atoms with Crippen LogP contribution in [-0.2, 0) is 0 Å². The smallest absolute Gasteiger partial charge is 0.0971 e. The van der Waals surface area contributed by atoms with Crippen molar-refractivity contribution in [1.29, 1.82) is 0 Å². The SMILES string of the molecule is C=CC[Si](CC=C)(CC=C)C1=C([Si](CC=C)(CC=C)CC=C)CC=C1. The van der Waals surface area contributed by atoms with Crippen molar-refractivity contribution in [2.75, 3.05) is 0 Å². The first kappa shape index (κ1) is 21.4. The minimum atomic E-state index is -1.75. The van der Waals surface area contributed by atoms with Gasteiger partial charge in [0.1, 0.15) is 0 Å². The summed E-state index contributed by atoms with van der Waals surface area (Å²) in [7, 11) is -3.48. The predicted molar refractivity (Wildman–Crippen MR) is 122 cm³/mol. The van der Waals surface area contributed by atoms with E-state index in [2.05, 4.69) is 88.1 Å². The Labute approximate surface area is 157 Å². The van der Waals surface area contributed by atoms with Gasteiger partial charge in [-0.3, -0.25) is 0 Å². The zero-order chi connectivity index (χ0) is 18.8. The van der Waals surface area contributed by atoms with Crippen LogP contribution < -0.4 is 0 Å². The molecule has 1 aliphatic carbocycles. The summed E-state index contributed by atoms with van der Waals surface area (Å²) in [5.74, 6) is 0. The Bertz CT molecular complexity index is 536. The Balaban J connectivity index is 3.63. The van der Waals surface area contributed by atoms with Crippen molar-refractivity contribution < 1.29 is 0 Å². The van der Waals surface area contributed by atoms with Gasteiger partial charge in [0.15, 0.2) is 0 Å². The quantitative estimate of drug-likeness (QED) is 0.223. The average molecular weight is 367 g/mol. The van der Waals surface area contributed by atoms with E-state index in [1.807, 2.05) is 0 Å². The van der Waals surface area contributed by atoms with Crippen molar-refractivity contribution >= 4 is 16.1 Å². The lowest BCUT2D eigenvalue weighted by Gasteiger charge is -2.38. The summed E-state index contributed by atoms with van der Waals surface area (Å²) in [5, 5.41) is 3.33. The van der Waals surface area contributed by atoms with Crippen LogP contribution in [0.25, 0.3) is 0 Å². The summed E-state index contributed by atoms with van der Waals surface area (Å²) in [6, 6.07) is 6.50. The predicted octanol–water partition coefficient (Wildman–Crippen LogP) is 7.33. The first-order valence-electron chi connectivity index (χ1n) is 9.15. The molecule has 0 amide bonds. The maximum absolute atomic E-state index is 4.06. The van der Waals surface area contributed by atoms with Crippen molar-refractivity contribution in [2.45, 2.75) is 42.7 Å². The zero-order valence-corrected chi connectivity index (χ0v) is 17.8. The summed E-state index contributed by atoms with van der Waals surface area (Å²) < 4.78 is 0. The van der Waals surface area contributed by atoms with Crippen molar-refractivity contribution in [1.82, 2.24) is 0 Å². The normalized spacial score (nSPS) is 14.2. The molecule has 0 N–H and O–H groups in total. The van der Waals surface area contributed by atoms with E-state index < -0.39 is 16.1 Å². The van der Waals surface area contributed by atoms with Gasteiger partial charge in [0.2, 0.25) is 0 Å². The molecule has 0 heterocycles. The molecule has 0 unspecified atom stereocenters. The highest BCUT2D eigenvalue weighted by molar-refractivity contribution is 6.94.